The molecule has 7 heteroatoms. The number of carboxylic acid groups (broad SMARTS) is 1. The highest BCUT2D eigenvalue weighted by molar-refractivity contribution is 5.78. The SMILES string of the molecule is CC(CN(c1cnc(-c2ccccc2)c(-c2ccccc2)n1)C(C)C)OCCOCC(=O)O. The molecule has 174 valence electrons. The number of hydrogen-bond acceptors (Lipinski definition) is 6. The van der Waals surface area contributed by atoms with Gasteiger partial charge in [0.1, 0.15) is 12.4 Å². The van der Waals surface area contributed by atoms with E-state index in [-0.39, 0.29) is 25.4 Å². The zero-order chi connectivity index (χ0) is 23.6. The topological polar surface area (TPSA) is 84.8 Å². The van der Waals surface area contributed by atoms with E-state index in [1.54, 1.807) is 0 Å². The highest BCUT2D eigenvalue weighted by Gasteiger charge is 2.19. The molecule has 33 heavy (non-hydrogen) atoms. The molecule has 1 heterocycles. The molecule has 1 unspecified atom stereocenters. The molecule has 0 radical (unpaired) electrons. The number of carboxylic acids is 1. The predicted octanol–water partition coefficient (Wildman–Crippen LogP) is 4.53. The van der Waals surface area contributed by atoms with E-state index in [0.29, 0.717) is 13.2 Å². The predicted molar refractivity (Wildman–Crippen MR) is 129 cm³/mol. The van der Waals surface area contributed by atoms with Crippen LogP contribution in [-0.4, -0.2) is 59.6 Å². The van der Waals surface area contributed by atoms with Gasteiger partial charge in [0.05, 0.1) is 36.9 Å². The van der Waals surface area contributed by atoms with Crippen LogP contribution in [0, 0.1) is 0 Å². The number of aliphatic carboxylic acids is 1. The zero-order valence-electron chi connectivity index (χ0n) is 19.3. The van der Waals surface area contributed by atoms with Gasteiger partial charge in [0.25, 0.3) is 0 Å². The number of rotatable bonds is 12. The second-order valence-electron chi connectivity index (χ2n) is 8.03. The first-order valence-corrected chi connectivity index (χ1v) is 11.1. The second-order valence-corrected chi connectivity index (χ2v) is 8.03. The van der Waals surface area contributed by atoms with E-state index in [0.717, 1.165) is 28.3 Å². The van der Waals surface area contributed by atoms with Crippen molar-refractivity contribution in [1.82, 2.24) is 9.97 Å². The molecule has 0 aliphatic heterocycles. The Morgan fingerprint density at radius 2 is 1.55 bits per heavy atom. The Morgan fingerprint density at radius 3 is 2.12 bits per heavy atom. The van der Waals surface area contributed by atoms with Gasteiger partial charge in [-0.15, -0.1) is 0 Å². The molecule has 2 aromatic carbocycles. The van der Waals surface area contributed by atoms with E-state index >= 15 is 0 Å². The molecule has 1 aromatic heterocycles. The summed E-state index contributed by atoms with van der Waals surface area (Å²) >= 11 is 0. The third-order valence-corrected chi connectivity index (χ3v) is 5.08. The summed E-state index contributed by atoms with van der Waals surface area (Å²) in [7, 11) is 0. The lowest BCUT2D eigenvalue weighted by atomic mass is 10.0. The highest BCUT2D eigenvalue weighted by atomic mass is 16.5. The molecule has 1 atom stereocenters. The van der Waals surface area contributed by atoms with Crippen LogP contribution in [0.15, 0.2) is 66.9 Å². The van der Waals surface area contributed by atoms with E-state index in [1.807, 2.05) is 73.8 Å². The smallest absolute Gasteiger partial charge is 0.329 e. The zero-order valence-corrected chi connectivity index (χ0v) is 19.3. The molecule has 0 aliphatic carbocycles. The molecule has 0 spiro atoms. The van der Waals surface area contributed by atoms with Crippen molar-refractivity contribution in [3.63, 3.8) is 0 Å². The Balaban J connectivity index is 1.81. The van der Waals surface area contributed by atoms with Gasteiger partial charge in [-0.3, -0.25) is 4.98 Å². The number of benzene rings is 2. The highest BCUT2D eigenvalue weighted by Crippen LogP contribution is 2.31. The van der Waals surface area contributed by atoms with Crippen molar-refractivity contribution in [3.05, 3.63) is 66.9 Å². The summed E-state index contributed by atoms with van der Waals surface area (Å²) in [6.45, 7) is 7.06. The van der Waals surface area contributed by atoms with Crippen LogP contribution in [0.4, 0.5) is 5.82 Å². The lowest BCUT2D eigenvalue weighted by molar-refractivity contribution is -0.142. The molecule has 3 aromatic rings. The minimum absolute atomic E-state index is 0.100. The van der Waals surface area contributed by atoms with E-state index < -0.39 is 5.97 Å². The van der Waals surface area contributed by atoms with Crippen LogP contribution in [0.1, 0.15) is 20.8 Å². The standard InChI is InChI=1S/C26H31N3O4/c1-19(2)29(17-20(3)33-15-14-32-18-24(30)31)23-16-27-25(21-10-6-4-7-11-21)26(28-23)22-12-8-5-9-13-22/h4-13,16,19-20H,14-15,17-18H2,1-3H3,(H,30,31). The van der Waals surface area contributed by atoms with Gasteiger partial charge in [0.2, 0.25) is 0 Å². The van der Waals surface area contributed by atoms with Gasteiger partial charge in [0.15, 0.2) is 0 Å². The lowest BCUT2D eigenvalue weighted by Crippen LogP contribution is -2.38. The van der Waals surface area contributed by atoms with Crippen molar-refractivity contribution in [3.8, 4) is 22.5 Å². The molecule has 0 saturated heterocycles. The number of aromatic nitrogens is 2. The first-order chi connectivity index (χ1) is 16.0. The Morgan fingerprint density at radius 1 is 0.939 bits per heavy atom. The molecule has 1 N–H and O–H groups in total. The maximum atomic E-state index is 10.5. The normalized spacial score (nSPS) is 12.0. The molecular weight excluding hydrogens is 418 g/mol. The maximum absolute atomic E-state index is 10.5. The van der Waals surface area contributed by atoms with Gasteiger partial charge in [-0.25, -0.2) is 9.78 Å². The number of hydrogen-bond donors (Lipinski definition) is 1. The summed E-state index contributed by atoms with van der Waals surface area (Å²) < 4.78 is 10.9. The van der Waals surface area contributed by atoms with Crippen molar-refractivity contribution >= 4 is 11.8 Å². The van der Waals surface area contributed by atoms with Crippen molar-refractivity contribution in [2.45, 2.75) is 32.9 Å². The van der Waals surface area contributed by atoms with E-state index in [4.69, 9.17) is 24.5 Å². The minimum Gasteiger partial charge on any atom is -0.480 e. The second kappa shape index (κ2) is 12.1. The molecule has 0 saturated carbocycles. The largest absolute Gasteiger partial charge is 0.480 e. The van der Waals surface area contributed by atoms with Crippen molar-refractivity contribution in [2.75, 3.05) is 31.3 Å². The third-order valence-electron chi connectivity index (χ3n) is 5.08. The van der Waals surface area contributed by atoms with Gasteiger partial charge >= 0.3 is 5.97 Å². The van der Waals surface area contributed by atoms with Crippen molar-refractivity contribution in [1.29, 1.82) is 0 Å². The number of nitrogens with zero attached hydrogens (tertiary/aromatic N) is 3. The average molecular weight is 450 g/mol. The van der Waals surface area contributed by atoms with Crippen LogP contribution in [-0.2, 0) is 14.3 Å². The van der Waals surface area contributed by atoms with E-state index in [2.05, 4.69) is 18.7 Å². The first kappa shape index (κ1) is 24.4. The Kier molecular flexibility index (Phi) is 8.92. The fraction of sp³-hybridized carbons (Fsp3) is 0.346. The molecule has 3 rings (SSSR count). The van der Waals surface area contributed by atoms with Crippen LogP contribution < -0.4 is 4.90 Å². The maximum Gasteiger partial charge on any atom is 0.329 e. The van der Waals surface area contributed by atoms with Crippen LogP contribution in [0.3, 0.4) is 0 Å². The lowest BCUT2D eigenvalue weighted by Gasteiger charge is -2.31. The molecular formula is C26H31N3O4. The summed E-state index contributed by atoms with van der Waals surface area (Å²) in [5, 5.41) is 8.64. The van der Waals surface area contributed by atoms with Gasteiger partial charge in [0, 0.05) is 23.7 Å². The summed E-state index contributed by atoms with van der Waals surface area (Å²) in [6.07, 6.45) is 1.72. The summed E-state index contributed by atoms with van der Waals surface area (Å²) in [4.78, 5) is 22.6. The van der Waals surface area contributed by atoms with Crippen LogP contribution in [0.2, 0.25) is 0 Å². The van der Waals surface area contributed by atoms with Crippen LogP contribution in [0.25, 0.3) is 22.5 Å². The van der Waals surface area contributed by atoms with Gasteiger partial charge in [-0.2, -0.15) is 0 Å². The average Bonchev–Trinajstić information content (AvgIpc) is 2.82. The van der Waals surface area contributed by atoms with Crippen molar-refractivity contribution in [2.24, 2.45) is 0 Å². The summed E-state index contributed by atoms with van der Waals surface area (Å²) in [5.41, 5.74) is 3.70. The fourth-order valence-electron chi connectivity index (χ4n) is 3.49. The monoisotopic (exact) mass is 449 g/mol. The quantitative estimate of drug-likeness (QED) is 0.407. The third kappa shape index (κ3) is 7.10. The Hall–Kier alpha value is -3.29. The van der Waals surface area contributed by atoms with Gasteiger partial charge < -0.3 is 19.5 Å². The fourth-order valence-corrected chi connectivity index (χ4v) is 3.49. The molecule has 0 bridgehead atoms. The van der Waals surface area contributed by atoms with Crippen LogP contribution >= 0.6 is 0 Å². The van der Waals surface area contributed by atoms with Crippen LogP contribution in [0.5, 0.6) is 0 Å². The molecule has 0 amide bonds. The molecule has 0 aliphatic rings. The van der Waals surface area contributed by atoms with Crippen molar-refractivity contribution < 1.29 is 19.4 Å². The molecule has 0 fully saturated rings. The van der Waals surface area contributed by atoms with E-state index in [1.165, 1.54) is 0 Å². The number of ether oxygens (including phenoxy) is 2. The van der Waals surface area contributed by atoms with Gasteiger partial charge in [-0.05, 0) is 20.8 Å². The van der Waals surface area contributed by atoms with Gasteiger partial charge in [-0.1, -0.05) is 60.7 Å². The number of carbonyl (C=O) groups is 1. The Labute approximate surface area is 195 Å². The molecule has 7 nitrogen and oxygen atoms in total. The number of anilines is 1. The minimum atomic E-state index is -0.985. The van der Waals surface area contributed by atoms with E-state index in [9.17, 15) is 4.79 Å². The summed E-state index contributed by atoms with van der Waals surface area (Å²) in [6, 6.07) is 20.3. The first-order valence-electron chi connectivity index (χ1n) is 11.1. The Bertz CT molecular complexity index is 1010. The summed E-state index contributed by atoms with van der Waals surface area (Å²) in [5.74, 6) is -0.207.